The first-order valence-corrected chi connectivity index (χ1v) is 5.85. The van der Waals surface area contributed by atoms with Crippen molar-refractivity contribution in [2.75, 3.05) is 5.75 Å². The second kappa shape index (κ2) is 5.85. The van der Waals surface area contributed by atoms with Crippen LogP contribution in [0.2, 0.25) is 0 Å². The van der Waals surface area contributed by atoms with Crippen molar-refractivity contribution in [1.29, 1.82) is 0 Å². The second-order valence-electron chi connectivity index (χ2n) is 2.08. The molecule has 4 nitrogen and oxygen atoms in total. The second-order valence-corrected chi connectivity index (χ2v) is 4.40. The van der Waals surface area contributed by atoms with Crippen molar-refractivity contribution in [3.05, 3.63) is 24.4 Å². The average Bonchev–Trinajstić information content (AvgIpc) is 2.19. The van der Waals surface area contributed by atoms with Gasteiger partial charge in [-0.15, -0.1) is 0 Å². The Morgan fingerprint density at radius 3 is 3.08 bits per heavy atom. The highest BCUT2D eigenvalue weighted by molar-refractivity contribution is 8.76. The van der Waals surface area contributed by atoms with E-state index in [-0.39, 0.29) is 5.91 Å². The maximum absolute atomic E-state index is 10.7. The molecule has 0 fully saturated rings. The number of rotatable bonds is 4. The van der Waals surface area contributed by atoms with Gasteiger partial charge in [-0.1, -0.05) is 16.9 Å². The number of nitrogens with one attached hydrogen (secondary N) is 1. The lowest BCUT2D eigenvalue weighted by atomic mass is 10.5. The summed E-state index contributed by atoms with van der Waals surface area (Å²) in [7, 11) is 2.85. The van der Waals surface area contributed by atoms with Gasteiger partial charge in [-0.3, -0.25) is 10.2 Å². The lowest BCUT2D eigenvalue weighted by molar-refractivity contribution is -0.118. The molecule has 0 aliphatic carbocycles. The summed E-state index contributed by atoms with van der Waals surface area (Å²) in [5, 5.41) is 0.886. The molecule has 13 heavy (non-hydrogen) atoms. The summed E-state index contributed by atoms with van der Waals surface area (Å²) in [4.78, 5) is 14.8. The molecule has 0 spiro atoms. The van der Waals surface area contributed by atoms with Crippen LogP contribution in [-0.4, -0.2) is 16.6 Å². The molecule has 0 atom stereocenters. The Kier molecular flexibility index (Phi) is 4.66. The van der Waals surface area contributed by atoms with Crippen molar-refractivity contribution in [2.24, 2.45) is 5.84 Å². The predicted molar refractivity (Wildman–Crippen MR) is 54.9 cm³/mol. The van der Waals surface area contributed by atoms with Crippen molar-refractivity contribution in [2.45, 2.75) is 5.03 Å². The van der Waals surface area contributed by atoms with Gasteiger partial charge >= 0.3 is 0 Å². The Hall–Kier alpha value is -0.720. The van der Waals surface area contributed by atoms with Gasteiger partial charge in [0.25, 0.3) is 0 Å². The standard InChI is InChI=1S/C7H9N3OS2/c8-10-6(11)5-12-13-7-3-1-2-4-9-7/h1-4H,5,8H2,(H,10,11). The van der Waals surface area contributed by atoms with E-state index in [1.807, 2.05) is 18.2 Å². The molecule has 3 N–H and O–H groups in total. The number of hydrogen-bond acceptors (Lipinski definition) is 5. The molecule has 1 heterocycles. The van der Waals surface area contributed by atoms with E-state index in [0.717, 1.165) is 5.03 Å². The number of amides is 1. The van der Waals surface area contributed by atoms with Crippen LogP contribution in [0, 0.1) is 0 Å². The summed E-state index contributed by atoms with van der Waals surface area (Å²) in [5.41, 5.74) is 2.06. The average molecular weight is 215 g/mol. The van der Waals surface area contributed by atoms with Gasteiger partial charge in [-0.25, -0.2) is 10.8 Å². The molecule has 0 aliphatic heterocycles. The minimum Gasteiger partial charge on any atom is -0.294 e. The number of carbonyl (C=O) groups is 1. The van der Waals surface area contributed by atoms with Crippen molar-refractivity contribution < 1.29 is 4.79 Å². The zero-order chi connectivity index (χ0) is 9.52. The molecule has 0 aliphatic rings. The van der Waals surface area contributed by atoms with Crippen LogP contribution in [0.1, 0.15) is 0 Å². The minimum absolute atomic E-state index is 0.187. The smallest absolute Gasteiger partial charge is 0.244 e. The highest BCUT2D eigenvalue weighted by Crippen LogP contribution is 2.28. The highest BCUT2D eigenvalue weighted by Gasteiger charge is 1.99. The van der Waals surface area contributed by atoms with Crippen LogP contribution in [-0.2, 0) is 4.79 Å². The zero-order valence-corrected chi connectivity index (χ0v) is 8.40. The third kappa shape index (κ3) is 4.16. The topological polar surface area (TPSA) is 68.0 Å². The van der Waals surface area contributed by atoms with E-state index in [4.69, 9.17) is 5.84 Å². The van der Waals surface area contributed by atoms with Crippen molar-refractivity contribution >= 4 is 27.5 Å². The molecule has 0 saturated carbocycles. The minimum atomic E-state index is -0.187. The molecule has 1 amide bonds. The fourth-order valence-corrected chi connectivity index (χ4v) is 2.35. The molecule has 0 saturated heterocycles. The number of hydrazine groups is 1. The van der Waals surface area contributed by atoms with Gasteiger partial charge in [0.1, 0.15) is 5.03 Å². The van der Waals surface area contributed by atoms with Gasteiger partial charge in [-0.05, 0) is 22.9 Å². The molecule has 1 aromatic rings. The first kappa shape index (κ1) is 10.4. The molecule has 6 heteroatoms. The van der Waals surface area contributed by atoms with Gasteiger partial charge in [0.05, 0.1) is 5.75 Å². The number of aromatic nitrogens is 1. The van der Waals surface area contributed by atoms with Crippen LogP contribution >= 0.6 is 21.6 Å². The highest BCUT2D eigenvalue weighted by atomic mass is 33.1. The van der Waals surface area contributed by atoms with E-state index in [0.29, 0.717) is 5.75 Å². The van der Waals surface area contributed by atoms with Gasteiger partial charge in [0, 0.05) is 6.20 Å². The number of nitrogens with zero attached hydrogens (tertiary/aromatic N) is 1. The Bertz CT molecular complexity index is 268. The summed E-state index contributed by atoms with van der Waals surface area (Å²) >= 11 is 0. The lowest BCUT2D eigenvalue weighted by Gasteiger charge is -1.98. The fraction of sp³-hybridized carbons (Fsp3) is 0.143. The van der Waals surface area contributed by atoms with E-state index >= 15 is 0 Å². The largest absolute Gasteiger partial charge is 0.294 e. The molecule has 0 aromatic carbocycles. The normalized spacial score (nSPS) is 9.62. The monoisotopic (exact) mass is 215 g/mol. The van der Waals surface area contributed by atoms with E-state index in [1.165, 1.54) is 21.6 Å². The van der Waals surface area contributed by atoms with Crippen LogP contribution in [0.15, 0.2) is 29.4 Å². The molecule has 1 aromatic heterocycles. The van der Waals surface area contributed by atoms with Crippen molar-refractivity contribution in [1.82, 2.24) is 10.4 Å². The van der Waals surface area contributed by atoms with E-state index < -0.39 is 0 Å². The molecular weight excluding hydrogens is 206 g/mol. The summed E-state index contributed by atoms with van der Waals surface area (Å²) in [6.07, 6.45) is 1.71. The SMILES string of the molecule is NNC(=O)CSSc1ccccn1. The van der Waals surface area contributed by atoms with E-state index in [9.17, 15) is 4.79 Å². The Morgan fingerprint density at radius 1 is 1.62 bits per heavy atom. The molecule has 0 unspecified atom stereocenters. The number of pyridine rings is 1. The number of hydrogen-bond donors (Lipinski definition) is 2. The molecule has 70 valence electrons. The van der Waals surface area contributed by atoms with Crippen molar-refractivity contribution in [3.63, 3.8) is 0 Å². The number of carbonyl (C=O) groups excluding carboxylic acids is 1. The van der Waals surface area contributed by atoms with Gasteiger partial charge in [0.2, 0.25) is 5.91 Å². The fourth-order valence-electron chi connectivity index (χ4n) is 0.581. The Morgan fingerprint density at radius 2 is 2.46 bits per heavy atom. The van der Waals surface area contributed by atoms with Gasteiger partial charge < -0.3 is 0 Å². The van der Waals surface area contributed by atoms with Crippen molar-refractivity contribution in [3.8, 4) is 0 Å². The summed E-state index contributed by atoms with van der Waals surface area (Å²) in [5.74, 6) is 5.06. The molecule has 0 radical (unpaired) electrons. The molecule has 1 rings (SSSR count). The molecule has 0 bridgehead atoms. The van der Waals surface area contributed by atoms with Crippen LogP contribution in [0.3, 0.4) is 0 Å². The van der Waals surface area contributed by atoms with Crippen LogP contribution < -0.4 is 11.3 Å². The lowest BCUT2D eigenvalue weighted by Crippen LogP contribution is -2.31. The van der Waals surface area contributed by atoms with Crippen LogP contribution in [0.25, 0.3) is 0 Å². The van der Waals surface area contributed by atoms with E-state index in [2.05, 4.69) is 10.4 Å². The third-order valence-electron chi connectivity index (χ3n) is 1.13. The molecular formula is C7H9N3OS2. The zero-order valence-electron chi connectivity index (χ0n) is 6.77. The Balaban J connectivity index is 2.24. The Labute approximate surface area is 84.0 Å². The van der Waals surface area contributed by atoms with Crippen LogP contribution in [0.4, 0.5) is 0 Å². The summed E-state index contributed by atoms with van der Waals surface area (Å²) in [6.45, 7) is 0. The maximum atomic E-state index is 10.7. The summed E-state index contributed by atoms with van der Waals surface area (Å²) in [6, 6.07) is 5.64. The van der Waals surface area contributed by atoms with Gasteiger partial charge in [0.15, 0.2) is 0 Å². The quantitative estimate of drug-likeness (QED) is 0.337. The number of nitrogens with two attached hydrogens (primary N) is 1. The first-order valence-electron chi connectivity index (χ1n) is 3.53. The third-order valence-corrected chi connectivity index (χ3v) is 3.26. The predicted octanol–water partition coefficient (Wildman–Crippen LogP) is 0.812. The van der Waals surface area contributed by atoms with E-state index in [1.54, 1.807) is 6.20 Å². The van der Waals surface area contributed by atoms with Crippen LogP contribution in [0.5, 0.6) is 0 Å². The first-order chi connectivity index (χ1) is 6.33. The van der Waals surface area contributed by atoms with Gasteiger partial charge in [-0.2, -0.15) is 0 Å². The maximum Gasteiger partial charge on any atom is 0.244 e. The summed E-state index contributed by atoms with van der Waals surface area (Å²) < 4.78 is 0.